The van der Waals surface area contributed by atoms with Crippen molar-refractivity contribution in [3.05, 3.63) is 65.7 Å². The van der Waals surface area contributed by atoms with E-state index in [2.05, 4.69) is 5.32 Å². The van der Waals surface area contributed by atoms with Crippen LogP contribution in [0.4, 0.5) is 0 Å². The van der Waals surface area contributed by atoms with E-state index in [-0.39, 0.29) is 24.9 Å². The van der Waals surface area contributed by atoms with Crippen LogP contribution in [-0.4, -0.2) is 67.1 Å². The van der Waals surface area contributed by atoms with Gasteiger partial charge in [0.1, 0.15) is 5.54 Å². The number of benzene rings is 2. The highest BCUT2D eigenvalue weighted by Crippen LogP contribution is 2.25. The fourth-order valence-electron chi connectivity index (χ4n) is 3.80. The molecular weight excluding hydrogens is 446 g/mol. The fourth-order valence-corrected chi connectivity index (χ4v) is 5.04. The first-order chi connectivity index (χ1) is 15.1. The van der Waals surface area contributed by atoms with Crippen LogP contribution in [0.5, 0.6) is 0 Å². The summed E-state index contributed by atoms with van der Waals surface area (Å²) in [5.74, 6) is -0.749. The molecule has 172 valence electrons. The van der Waals surface area contributed by atoms with Crippen molar-refractivity contribution in [1.29, 1.82) is 0 Å². The van der Waals surface area contributed by atoms with E-state index >= 15 is 0 Å². The molecule has 2 amide bonds. The number of carbonyl (C=O) groups excluding carboxylic acids is 2. The molecule has 32 heavy (non-hydrogen) atoms. The zero-order chi connectivity index (χ0) is 23.4. The molecule has 1 fully saturated rings. The Bertz CT molecular complexity index is 1060. The number of amides is 2. The zero-order valence-corrected chi connectivity index (χ0v) is 20.2. The predicted octanol–water partition coefficient (Wildman–Crippen LogP) is 2.13. The molecular formula is C23H29N3O4S2. The van der Waals surface area contributed by atoms with Gasteiger partial charge in [0, 0.05) is 24.5 Å². The van der Waals surface area contributed by atoms with Crippen molar-refractivity contribution in [2.45, 2.75) is 30.3 Å². The topological polar surface area (TPSA) is 86.8 Å². The van der Waals surface area contributed by atoms with Gasteiger partial charge in [-0.05, 0) is 42.9 Å². The van der Waals surface area contributed by atoms with Crippen LogP contribution in [0, 0.1) is 0 Å². The summed E-state index contributed by atoms with van der Waals surface area (Å²) < 4.78 is 25.5. The van der Waals surface area contributed by atoms with E-state index in [4.69, 9.17) is 0 Å². The molecule has 1 atom stereocenters. The lowest BCUT2D eigenvalue weighted by Gasteiger charge is -2.46. The third-order valence-corrected chi connectivity index (χ3v) is 7.67. The van der Waals surface area contributed by atoms with Crippen LogP contribution < -0.4 is 5.32 Å². The maximum absolute atomic E-state index is 13.3. The van der Waals surface area contributed by atoms with Gasteiger partial charge in [-0.15, -0.1) is 11.8 Å². The normalized spacial score (nSPS) is 19.7. The smallest absolute Gasteiger partial charge is 0.247 e. The number of nitrogens with zero attached hydrogens (tertiary/aromatic N) is 2. The molecule has 7 nitrogen and oxygen atoms in total. The second-order valence-electron chi connectivity index (χ2n) is 8.12. The van der Waals surface area contributed by atoms with Crippen LogP contribution in [0.25, 0.3) is 0 Å². The Hall–Kier alpha value is -2.36. The highest BCUT2D eigenvalue weighted by Gasteiger charge is 2.49. The Morgan fingerprint density at radius 2 is 1.75 bits per heavy atom. The minimum absolute atomic E-state index is 0.0798. The molecule has 1 heterocycles. The molecule has 0 spiro atoms. The summed E-state index contributed by atoms with van der Waals surface area (Å²) in [5.41, 5.74) is 0.659. The van der Waals surface area contributed by atoms with Crippen molar-refractivity contribution >= 4 is 33.6 Å². The molecule has 0 saturated carbocycles. The van der Waals surface area contributed by atoms with Gasteiger partial charge in [-0.25, -0.2) is 8.42 Å². The summed E-state index contributed by atoms with van der Waals surface area (Å²) in [7, 11) is -3.63. The van der Waals surface area contributed by atoms with E-state index < -0.39 is 15.6 Å². The molecule has 1 aliphatic rings. The molecule has 1 aliphatic heterocycles. The van der Waals surface area contributed by atoms with Gasteiger partial charge in [-0.1, -0.05) is 42.5 Å². The van der Waals surface area contributed by atoms with Crippen LogP contribution in [0.3, 0.4) is 0 Å². The van der Waals surface area contributed by atoms with Crippen LogP contribution in [0.2, 0.25) is 0 Å². The molecule has 0 radical (unpaired) electrons. The Labute approximate surface area is 194 Å². The van der Waals surface area contributed by atoms with Crippen molar-refractivity contribution < 1.29 is 18.0 Å². The van der Waals surface area contributed by atoms with E-state index in [0.717, 1.165) is 26.6 Å². The molecule has 2 aromatic carbocycles. The fraction of sp³-hybridized carbons (Fsp3) is 0.391. The minimum Gasteiger partial charge on any atom is -0.350 e. The Morgan fingerprint density at radius 3 is 2.34 bits per heavy atom. The van der Waals surface area contributed by atoms with Crippen molar-refractivity contribution in [2.24, 2.45) is 0 Å². The molecule has 1 N–H and O–H groups in total. The zero-order valence-electron chi connectivity index (χ0n) is 18.6. The molecule has 9 heteroatoms. The van der Waals surface area contributed by atoms with Crippen LogP contribution in [0.15, 0.2) is 59.5 Å². The third kappa shape index (κ3) is 5.70. The van der Waals surface area contributed by atoms with Crippen LogP contribution in [0.1, 0.15) is 18.1 Å². The van der Waals surface area contributed by atoms with Crippen LogP contribution in [-0.2, 0) is 32.6 Å². The first-order valence-electron chi connectivity index (χ1n) is 10.3. The molecule has 0 aliphatic carbocycles. The lowest BCUT2D eigenvalue weighted by Crippen LogP contribution is -2.69. The molecule has 3 rings (SSSR count). The molecule has 0 unspecified atom stereocenters. The van der Waals surface area contributed by atoms with E-state index in [0.29, 0.717) is 19.5 Å². The highest BCUT2D eigenvalue weighted by atomic mass is 32.2. The van der Waals surface area contributed by atoms with Gasteiger partial charge < -0.3 is 10.2 Å². The summed E-state index contributed by atoms with van der Waals surface area (Å²) in [4.78, 5) is 29.0. The van der Waals surface area contributed by atoms with Gasteiger partial charge in [-0.3, -0.25) is 9.59 Å². The van der Waals surface area contributed by atoms with Crippen molar-refractivity contribution in [3.63, 3.8) is 0 Å². The van der Waals surface area contributed by atoms with E-state index in [1.807, 2.05) is 60.9 Å². The Balaban J connectivity index is 1.80. The number of carbonyl (C=O) groups is 2. The largest absolute Gasteiger partial charge is 0.350 e. The molecule has 0 aromatic heterocycles. The van der Waals surface area contributed by atoms with E-state index in [9.17, 15) is 18.0 Å². The van der Waals surface area contributed by atoms with Gasteiger partial charge in [0.15, 0.2) is 0 Å². The van der Waals surface area contributed by atoms with Gasteiger partial charge >= 0.3 is 0 Å². The summed E-state index contributed by atoms with van der Waals surface area (Å²) in [5, 5.41) is 2.89. The second kappa shape index (κ2) is 10.1. The highest BCUT2D eigenvalue weighted by molar-refractivity contribution is 7.98. The average molecular weight is 476 g/mol. The first-order valence-corrected chi connectivity index (χ1v) is 13.4. The average Bonchev–Trinajstić information content (AvgIpc) is 2.77. The SMILES string of the molecule is CSc1ccc(CCN2C(=O)CN(S(C)(=O)=O)C[C@]2(C)C(=O)NCc2ccccc2)cc1. The maximum atomic E-state index is 13.3. The Morgan fingerprint density at radius 1 is 1.09 bits per heavy atom. The summed E-state index contributed by atoms with van der Waals surface area (Å²) in [6.07, 6.45) is 3.64. The number of rotatable bonds is 8. The summed E-state index contributed by atoms with van der Waals surface area (Å²) >= 11 is 1.65. The third-order valence-electron chi connectivity index (χ3n) is 5.73. The lowest BCUT2D eigenvalue weighted by molar-refractivity contribution is -0.152. The minimum atomic E-state index is -3.63. The van der Waals surface area contributed by atoms with E-state index in [1.54, 1.807) is 18.7 Å². The number of piperazine rings is 1. The lowest BCUT2D eigenvalue weighted by atomic mass is 9.94. The first kappa shape index (κ1) is 24.3. The number of thioether (sulfide) groups is 1. The number of hydrogen-bond donors (Lipinski definition) is 1. The van der Waals surface area contributed by atoms with Crippen molar-refractivity contribution in [2.75, 3.05) is 32.1 Å². The second-order valence-corrected chi connectivity index (χ2v) is 11.0. The maximum Gasteiger partial charge on any atom is 0.247 e. The summed E-state index contributed by atoms with van der Waals surface area (Å²) in [6, 6.07) is 17.5. The number of hydrogen-bond acceptors (Lipinski definition) is 5. The Kier molecular flexibility index (Phi) is 7.63. The van der Waals surface area contributed by atoms with Gasteiger partial charge in [0.25, 0.3) is 0 Å². The van der Waals surface area contributed by atoms with Gasteiger partial charge in [0.2, 0.25) is 21.8 Å². The monoisotopic (exact) mass is 475 g/mol. The standard InChI is InChI=1S/C23H29N3O4S2/c1-23(22(28)24-15-19-7-5-4-6-8-19)17-25(32(3,29)30)16-21(27)26(23)14-13-18-9-11-20(31-2)12-10-18/h4-12H,13-17H2,1-3H3,(H,24,28)/t23-/m1/s1. The van der Waals surface area contributed by atoms with Gasteiger partial charge in [-0.2, -0.15) is 4.31 Å². The van der Waals surface area contributed by atoms with Crippen LogP contribution >= 0.6 is 11.8 Å². The predicted molar refractivity (Wildman–Crippen MR) is 127 cm³/mol. The van der Waals surface area contributed by atoms with E-state index in [1.165, 1.54) is 4.90 Å². The van der Waals surface area contributed by atoms with Gasteiger partial charge in [0.05, 0.1) is 12.8 Å². The van der Waals surface area contributed by atoms with Crippen molar-refractivity contribution in [3.8, 4) is 0 Å². The quantitative estimate of drug-likeness (QED) is 0.591. The molecule has 2 aromatic rings. The summed E-state index contributed by atoms with van der Waals surface area (Å²) in [6.45, 7) is 1.92. The number of nitrogens with one attached hydrogen (secondary N) is 1. The van der Waals surface area contributed by atoms with Crippen molar-refractivity contribution in [1.82, 2.24) is 14.5 Å². The molecule has 0 bridgehead atoms. The number of sulfonamides is 1. The molecule has 1 saturated heterocycles.